The number of hydrogen-bond acceptors (Lipinski definition) is 6. The second-order valence-corrected chi connectivity index (χ2v) is 6.12. The molecule has 0 saturated carbocycles. The third-order valence-electron chi connectivity index (χ3n) is 4.69. The second-order valence-electron chi connectivity index (χ2n) is 6.12. The van der Waals surface area contributed by atoms with Gasteiger partial charge in [-0.3, -0.25) is 4.79 Å². The maximum atomic E-state index is 12.5. The highest BCUT2D eigenvalue weighted by Crippen LogP contribution is 2.43. The minimum Gasteiger partial charge on any atom is -0.493 e. The Bertz CT molecular complexity index is 854. The number of carbonyl (C=O) groups is 1. The van der Waals surface area contributed by atoms with E-state index in [2.05, 4.69) is 0 Å². The number of ether oxygens (including phenoxy) is 4. The van der Waals surface area contributed by atoms with Gasteiger partial charge in [-0.2, -0.15) is 0 Å². The van der Waals surface area contributed by atoms with Crippen LogP contribution in [0.25, 0.3) is 0 Å². The number of β-lactam (4-membered cyclic amide) rings is 1. The molecule has 0 radical (unpaired) electrons. The van der Waals surface area contributed by atoms with Crippen LogP contribution < -0.4 is 29.6 Å². The van der Waals surface area contributed by atoms with Gasteiger partial charge < -0.3 is 29.6 Å². The van der Waals surface area contributed by atoms with Gasteiger partial charge in [-0.05, 0) is 29.8 Å². The maximum absolute atomic E-state index is 12.5. The number of hydrogen-bond donors (Lipinski definition) is 1. The van der Waals surface area contributed by atoms with E-state index >= 15 is 0 Å². The van der Waals surface area contributed by atoms with Crippen molar-refractivity contribution in [3.05, 3.63) is 42.0 Å². The zero-order valence-corrected chi connectivity index (χ0v) is 14.6. The molecule has 1 fully saturated rings. The van der Waals surface area contributed by atoms with Gasteiger partial charge in [0, 0.05) is 11.8 Å². The number of amides is 1. The zero-order chi connectivity index (χ0) is 18.3. The number of fused-ring (bicyclic) bond motifs is 1. The van der Waals surface area contributed by atoms with Gasteiger partial charge in [0.05, 0.1) is 20.3 Å². The molecule has 0 bridgehead atoms. The Labute approximate surface area is 151 Å². The first kappa shape index (κ1) is 16.5. The first-order valence-corrected chi connectivity index (χ1v) is 8.34. The first-order valence-electron chi connectivity index (χ1n) is 8.34. The highest BCUT2D eigenvalue weighted by Gasteiger charge is 2.47. The van der Waals surface area contributed by atoms with Crippen molar-refractivity contribution in [2.45, 2.75) is 12.1 Å². The summed E-state index contributed by atoms with van der Waals surface area (Å²) in [6, 6.07) is 10.1. The predicted molar refractivity (Wildman–Crippen MR) is 95.2 cm³/mol. The highest BCUT2D eigenvalue weighted by molar-refractivity contribution is 6.05. The lowest BCUT2D eigenvalue weighted by atomic mass is 9.88. The Kier molecular flexibility index (Phi) is 4.08. The minimum atomic E-state index is -0.610. The van der Waals surface area contributed by atoms with Crippen LogP contribution in [0.3, 0.4) is 0 Å². The maximum Gasteiger partial charge on any atom is 0.247 e. The quantitative estimate of drug-likeness (QED) is 0.843. The monoisotopic (exact) mass is 356 g/mol. The SMILES string of the molecule is COc1ccc([C@@H]2[C@@H](N)C(=O)N2c2ccc3c(c2)OCCO3)cc1OC. The Morgan fingerprint density at radius 1 is 1.00 bits per heavy atom. The van der Waals surface area contributed by atoms with Crippen molar-refractivity contribution in [1.29, 1.82) is 0 Å². The first-order chi connectivity index (χ1) is 12.6. The van der Waals surface area contributed by atoms with E-state index < -0.39 is 6.04 Å². The predicted octanol–water partition coefficient (Wildman–Crippen LogP) is 1.89. The van der Waals surface area contributed by atoms with Crippen LogP contribution in [-0.2, 0) is 4.79 Å². The molecule has 4 rings (SSSR count). The van der Waals surface area contributed by atoms with E-state index in [1.807, 2.05) is 36.4 Å². The largest absolute Gasteiger partial charge is 0.493 e. The Morgan fingerprint density at radius 2 is 1.73 bits per heavy atom. The molecule has 1 saturated heterocycles. The zero-order valence-electron chi connectivity index (χ0n) is 14.6. The highest BCUT2D eigenvalue weighted by atomic mass is 16.6. The van der Waals surface area contributed by atoms with Gasteiger partial charge in [0.2, 0.25) is 5.91 Å². The van der Waals surface area contributed by atoms with Crippen molar-refractivity contribution in [1.82, 2.24) is 0 Å². The summed E-state index contributed by atoms with van der Waals surface area (Å²) in [6.07, 6.45) is 0. The van der Waals surface area contributed by atoms with Gasteiger partial charge in [-0.15, -0.1) is 0 Å². The molecule has 136 valence electrons. The minimum absolute atomic E-state index is 0.138. The molecular weight excluding hydrogens is 336 g/mol. The molecule has 0 unspecified atom stereocenters. The van der Waals surface area contributed by atoms with E-state index in [9.17, 15) is 4.79 Å². The summed E-state index contributed by atoms with van der Waals surface area (Å²) in [5, 5.41) is 0. The molecule has 0 aliphatic carbocycles. The molecule has 7 heteroatoms. The van der Waals surface area contributed by atoms with E-state index in [-0.39, 0.29) is 11.9 Å². The number of anilines is 1. The molecule has 0 spiro atoms. The van der Waals surface area contributed by atoms with E-state index in [4.69, 9.17) is 24.7 Å². The van der Waals surface area contributed by atoms with Crippen molar-refractivity contribution in [3.8, 4) is 23.0 Å². The van der Waals surface area contributed by atoms with Gasteiger partial charge >= 0.3 is 0 Å². The molecule has 2 aromatic rings. The average molecular weight is 356 g/mol. The van der Waals surface area contributed by atoms with Crippen LogP contribution in [0.2, 0.25) is 0 Å². The van der Waals surface area contributed by atoms with Crippen LogP contribution >= 0.6 is 0 Å². The lowest BCUT2D eigenvalue weighted by molar-refractivity contribution is -0.126. The van der Waals surface area contributed by atoms with Crippen LogP contribution in [0.5, 0.6) is 23.0 Å². The third-order valence-corrected chi connectivity index (χ3v) is 4.69. The van der Waals surface area contributed by atoms with E-state index in [0.717, 1.165) is 11.3 Å². The lowest BCUT2D eigenvalue weighted by Gasteiger charge is -2.45. The van der Waals surface area contributed by atoms with Gasteiger partial charge in [0.1, 0.15) is 19.3 Å². The van der Waals surface area contributed by atoms with Crippen molar-refractivity contribution in [2.75, 3.05) is 32.3 Å². The number of nitrogens with zero attached hydrogens (tertiary/aromatic N) is 1. The molecule has 2 atom stereocenters. The number of methoxy groups -OCH3 is 2. The van der Waals surface area contributed by atoms with Crippen LogP contribution in [0.1, 0.15) is 11.6 Å². The smallest absolute Gasteiger partial charge is 0.247 e. The summed E-state index contributed by atoms with van der Waals surface area (Å²) in [5.41, 5.74) is 7.71. The van der Waals surface area contributed by atoms with Crippen LogP contribution in [0, 0.1) is 0 Å². The third kappa shape index (κ3) is 2.52. The molecule has 2 heterocycles. The molecule has 7 nitrogen and oxygen atoms in total. The van der Waals surface area contributed by atoms with Crippen molar-refractivity contribution < 1.29 is 23.7 Å². The van der Waals surface area contributed by atoms with Crippen LogP contribution in [0.15, 0.2) is 36.4 Å². The summed E-state index contributed by atoms with van der Waals surface area (Å²) >= 11 is 0. The molecule has 1 amide bonds. The summed E-state index contributed by atoms with van der Waals surface area (Å²) in [4.78, 5) is 14.1. The molecule has 2 N–H and O–H groups in total. The Hall–Kier alpha value is -2.93. The summed E-state index contributed by atoms with van der Waals surface area (Å²) < 4.78 is 21.8. The van der Waals surface area contributed by atoms with Crippen molar-refractivity contribution >= 4 is 11.6 Å². The average Bonchev–Trinajstić information content (AvgIpc) is 2.70. The topological polar surface area (TPSA) is 83.3 Å². The molecule has 2 aromatic carbocycles. The van der Waals surface area contributed by atoms with Gasteiger partial charge in [-0.25, -0.2) is 0 Å². The normalized spacial score (nSPS) is 21.2. The number of benzene rings is 2. The molecule has 26 heavy (non-hydrogen) atoms. The van der Waals surface area contributed by atoms with Crippen molar-refractivity contribution in [2.24, 2.45) is 5.73 Å². The van der Waals surface area contributed by atoms with E-state index in [1.54, 1.807) is 19.1 Å². The number of carbonyl (C=O) groups excluding carboxylic acids is 1. The van der Waals surface area contributed by atoms with E-state index in [1.165, 1.54) is 0 Å². The fourth-order valence-corrected chi connectivity index (χ4v) is 3.37. The standard InChI is InChI=1S/C19H20N2O5/c1-23-13-5-3-11(9-15(13)24-2)18-17(20)19(22)21(18)12-4-6-14-16(10-12)26-8-7-25-14/h3-6,9-10,17-18H,7-8,20H2,1-2H3/t17-,18-/m1/s1. The van der Waals surface area contributed by atoms with Crippen LogP contribution in [0.4, 0.5) is 5.69 Å². The molecular formula is C19H20N2O5. The Balaban J connectivity index is 1.69. The van der Waals surface area contributed by atoms with E-state index in [0.29, 0.717) is 36.2 Å². The lowest BCUT2D eigenvalue weighted by Crippen LogP contribution is -2.63. The fraction of sp³-hybridized carbons (Fsp3) is 0.316. The number of rotatable bonds is 4. The van der Waals surface area contributed by atoms with Crippen LogP contribution in [-0.4, -0.2) is 39.4 Å². The molecule has 0 aromatic heterocycles. The van der Waals surface area contributed by atoms with Gasteiger partial charge in [-0.1, -0.05) is 6.07 Å². The van der Waals surface area contributed by atoms with Gasteiger partial charge in [0.15, 0.2) is 23.0 Å². The summed E-state index contributed by atoms with van der Waals surface area (Å²) in [7, 11) is 3.16. The Morgan fingerprint density at radius 3 is 2.46 bits per heavy atom. The van der Waals surface area contributed by atoms with Gasteiger partial charge in [0.25, 0.3) is 0 Å². The molecule has 2 aliphatic rings. The van der Waals surface area contributed by atoms with Crippen molar-refractivity contribution in [3.63, 3.8) is 0 Å². The summed E-state index contributed by atoms with van der Waals surface area (Å²) in [5.74, 6) is 2.40. The number of nitrogens with two attached hydrogens (primary N) is 1. The molecule has 2 aliphatic heterocycles. The summed E-state index contributed by atoms with van der Waals surface area (Å²) in [6.45, 7) is 1.01. The fourth-order valence-electron chi connectivity index (χ4n) is 3.37. The second kappa shape index (κ2) is 6.42.